The van der Waals surface area contributed by atoms with Crippen LogP contribution in [-0.2, 0) is 11.8 Å². The fraction of sp³-hybridized carbons (Fsp3) is 0.316. The first-order valence-corrected chi connectivity index (χ1v) is 8.53. The van der Waals surface area contributed by atoms with Crippen LogP contribution in [0, 0.1) is 5.82 Å². The van der Waals surface area contributed by atoms with Crippen LogP contribution >= 0.6 is 0 Å². The number of pyridine rings is 1. The number of aryl methyl sites for hydroxylation is 1. The largest absolute Gasteiger partial charge is 0.484 e. The summed E-state index contributed by atoms with van der Waals surface area (Å²) in [6.07, 6.45) is 1.44. The molecule has 2 rings (SSSR count). The standard InChI is InChI=1S/C19H22FN3O4/c1-4-23(5-2)18(25)13-10-16(19(26)22(3)11-13)21-17(24)12-27-15-8-6-14(20)7-9-15/h6-11H,4-5,12H2,1-3H3,(H,21,24). The van der Waals surface area contributed by atoms with E-state index in [-0.39, 0.29) is 18.2 Å². The van der Waals surface area contributed by atoms with Crippen LogP contribution in [0.15, 0.2) is 41.3 Å². The number of hydrogen-bond acceptors (Lipinski definition) is 4. The highest BCUT2D eigenvalue weighted by Crippen LogP contribution is 2.12. The molecule has 0 aliphatic rings. The Labute approximate surface area is 156 Å². The molecule has 1 aromatic heterocycles. The third kappa shape index (κ3) is 5.16. The maximum Gasteiger partial charge on any atom is 0.274 e. The van der Waals surface area contributed by atoms with Gasteiger partial charge >= 0.3 is 0 Å². The second kappa shape index (κ2) is 8.98. The maximum absolute atomic E-state index is 12.9. The number of halogens is 1. The molecule has 0 bridgehead atoms. The van der Waals surface area contributed by atoms with Crippen molar-refractivity contribution in [2.75, 3.05) is 25.0 Å². The van der Waals surface area contributed by atoms with Gasteiger partial charge in [0.25, 0.3) is 17.4 Å². The zero-order valence-electron chi connectivity index (χ0n) is 15.5. The quantitative estimate of drug-likeness (QED) is 0.803. The van der Waals surface area contributed by atoms with Gasteiger partial charge in [0.2, 0.25) is 0 Å². The lowest BCUT2D eigenvalue weighted by molar-refractivity contribution is -0.118. The van der Waals surface area contributed by atoms with Crippen molar-refractivity contribution in [1.82, 2.24) is 9.47 Å². The number of benzene rings is 1. The first-order valence-electron chi connectivity index (χ1n) is 8.53. The van der Waals surface area contributed by atoms with Gasteiger partial charge in [-0.2, -0.15) is 0 Å². The molecule has 0 spiro atoms. The molecule has 0 saturated carbocycles. The van der Waals surface area contributed by atoms with Gasteiger partial charge in [0, 0.05) is 26.3 Å². The zero-order valence-corrected chi connectivity index (χ0v) is 15.5. The van der Waals surface area contributed by atoms with Gasteiger partial charge in [0.15, 0.2) is 6.61 Å². The number of ether oxygens (including phenoxy) is 1. The Morgan fingerprint density at radius 3 is 2.41 bits per heavy atom. The van der Waals surface area contributed by atoms with Crippen molar-refractivity contribution in [1.29, 1.82) is 0 Å². The number of carbonyl (C=O) groups is 2. The molecule has 0 saturated heterocycles. The molecule has 144 valence electrons. The maximum atomic E-state index is 12.9. The van der Waals surface area contributed by atoms with Gasteiger partial charge < -0.3 is 19.5 Å². The van der Waals surface area contributed by atoms with Crippen molar-refractivity contribution in [2.24, 2.45) is 7.05 Å². The van der Waals surface area contributed by atoms with Crippen LogP contribution in [0.4, 0.5) is 10.1 Å². The van der Waals surface area contributed by atoms with E-state index in [2.05, 4.69) is 5.32 Å². The van der Waals surface area contributed by atoms with Gasteiger partial charge in [0.05, 0.1) is 5.56 Å². The number of amides is 2. The van der Waals surface area contributed by atoms with Crippen LogP contribution in [0.1, 0.15) is 24.2 Å². The molecular weight excluding hydrogens is 353 g/mol. The molecule has 0 aliphatic carbocycles. The number of nitrogens with one attached hydrogen (secondary N) is 1. The smallest absolute Gasteiger partial charge is 0.274 e. The fourth-order valence-electron chi connectivity index (χ4n) is 2.48. The minimum absolute atomic E-state index is 0.0109. The van der Waals surface area contributed by atoms with Gasteiger partial charge in [-0.3, -0.25) is 14.4 Å². The third-order valence-corrected chi connectivity index (χ3v) is 3.94. The lowest BCUT2D eigenvalue weighted by atomic mass is 10.2. The van der Waals surface area contributed by atoms with E-state index < -0.39 is 17.3 Å². The number of hydrogen-bond donors (Lipinski definition) is 1. The Hall–Kier alpha value is -3.16. The number of rotatable bonds is 7. The summed E-state index contributed by atoms with van der Waals surface area (Å²) in [6.45, 7) is 4.43. The average molecular weight is 375 g/mol. The van der Waals surface area contributed by atoms with Crippen molar-refractivity contribution >= 4 is 17.5 Å². The molecule has 7 nitrogen and oxygen atoms in total. The summed E-state index contributed by atoms with van der Waals surface area (Å²) in [4.78, 5) is 38.4. The van der Waals surface area contributed by atoms with E-state index >= 15 is 0 Å². The zero-order chi connectivity index (χ0) is 20.0. The van der Waals surface area contributed by atoms with E-state index in [1.54, 1.807) is 4.90 Å². The minimum atomic E-state index is -0.566. The molecule has 1 heterocycles. The van der Waals surface area contributed by atoms with E-state index in [1.807, 2.05) is 13.8 Å². The lowest BCUT2D eigenvalue weighted by Gasteiger charge is -2.19. The van der Waals surface area contributed by atoms with Crippen LogP contribution in [0.3, 0.4) is 0 Å². The van der Waals surface area contributed by atoms with Crippen molar-refractivity contribution in [2.45, 2.75) is 13.8 Å². The summed E-state index contributed by atoms with van der Waals surface area (Å²) in [6, 6.07) is 6.57. The van der Waals surface area contributed by atoms with E-state index in [4.69, 9.17) is 4.74 Å². The van der Waals surface area contributed by atoms with Crippen molar-refractivity contribution in [3.05, 3.63) is 58.3 Å². The SMILES string of the molecule is CCN(CC)C(=O)c1cc(NC(=O)COc2ccc(F)cc2)c(=O)n(C)c1. The van der Waals surface area contributed by atoms with Crippen LogP contribution < -0.4 is 15.6 Å². The molecule has 0 radical (unpaired) electrons. The third-order valence-electron chi connectivity index (χ3n) is 3.94. The van der Waals surface area contributed by atoms with Crippen molar-refractivity contribution < 1.29 is 18.7 Å². The van der Waals surface area contributed by atoms with E-state index in [1.165, 1.54) is 48.1 Å². The second-order valence-corrected chi connectivity index (χ2v) is 5.83. The Bertz CT molecular complexity index is 874. The van der Waals surface area contributed by atoms with Crippen molar-refractivity contribution in [3.63, 3.8) is 0 Å². The van der Waals surface area contributed by atoms with Crippen molar-refractivity contribution in [3.8, 4) is 5.75 Å². The summed E-state index contributed by atoms with van der Waals surface area (Å²) in [5.41, 5.74) is -0.153. The summed E-state index contributed by atoms with van der Waals surface area (Å²) in [7, 11) is 1.51. The van der Waals surface area contributed by atoms with E-state index in [0.717, 1.165) is 0 Å². The molecule has 0 atom stereocenters. The first kappa shape index (κ1) is 20.2. The number of anilines is 1. The number of carbonyl (C=O) groups excluding carboxylic acids is 2. The van der Waals surface area contributed by atoms with Gasteiger partial charge in [-0.1, -0.05) is 0 Å². The fourth-order valence-corrected chi connectivity index (χ4v) is 2.48. The predicted molar refractivity (Wildman–Crippen MR) is 99.5 cm³/mol. The van der Waals surface area contributed by atoms with Gasteiger partial charge in [-0.15, -0.1) is 0 Å². The Balaban J connectivity index is 2.12. The van der Waals surface area contributed by atoms with Crippen LogP contribution in [0.5, 0.6) is 5.75 Å². The highest BCUT2D eigenvalue weighted by molar-refractivity contribution is 5.97. The van der Waals surface area contributed by atoms with Crippen LogP contribution in [-0.4, -0.2) is 41.0 Å². The molecule has 1 aromatic carbocycles. The molecule has 8 heteroatoms. The molecule has 0 fully saturated rings. The highest BCUT2D eigenvalue weighted by Gasteiger charge is 2.17. The molecule has 2 amide bonds. The Kier molecular flexibility index (Phi) is 6.70. The minimum Gasteiger partial charge on any atom is -0.484 e. The Morgan fingerprint density at radius 2 is 1.81 bits per heavy atom. The molecule has 0 aliphatic heterocycles. The summed E-state index contributed by atoms with van der Waals surface area (Å²) >= 11 is 0. The van der Waals surface area contributed by atoms with Gasteiger partial charge in [0.1, 0.15) is 17.3 Å². The molecule has 1 N–H and O–H groups in total. The van der Waals surface area contributed by atoms with Crippen LogP contribution in [0.25, 0.3) is 0 Å². The Morgan fingerprint density at radius 1 is 1.19 bits per heavy atom. The topological polar surface area (TPSA) is 80.6 Å². The lowest BCUT2D eigenvalue weighted by Crippen LogP contribution is -2.33. The molecule has 2 aromatic rings. The summed E-state index contributed by atoms with van der Waals surface area (Å²) in [5.74, 6) is -0.882. The average Bonchev–Trinajstić information content (AvgIpc) is 2.65. The van der Waals surface area contributed by atoms with Gasteiger partial charge in [-0.05, 0) is 44.2 Å². The summed E-state index contributed by atoms with van der Waals surface area (Å²) < 4.78 is 19.4. The van der Waals surface area contributed by atoms with Crippen LogP contribution in [0.2, 0.25) is 0 Å². The van der Waals surface area contributed by atoms with E-state index in [0.29, 0.717) is 24.4 Å². The highest BCUT2D eigenvalue weighted by atomic mass is 19.1. The number of aromatic nitrogens is 1. The molecule has 0 unspecified atom stereocenters. The van der Waals surface area contributed by atoms with Gasteiger partial charge in [-0.25, -0.2) is 4.39 Å². The number of nitrogens with zero attached hydrogens (tertiary/aromatic N) is 2. The van der Waals surface area contributed by atoms with E-state index in [9.17, 15) is 18.8 Å². The molecule has 27 heavy (non-hydrogen) atoms. The monoisotopic (exact) mass is 375 g/mol. The summed E-state index contributed by atoms with van der Waals surface area (Å²) in [5, 5.41) is 2.46. The predicted octanol–water partition coefficient (Wildman–Crippen LogP) is 2.02. The second-order valence-electron chi connectivity index (χ2n) is 5.83. The first-order chi connectivity index (χ1) is 12.8. The normalized spacial score (nSPS) is 10.4. The molecular formula is C19H22FN3O4.